The van der Waals surface area contributed by atoms with Gasteiger partial charge in [0.2, 0.25) is 0 Å². The Morgan fingerprint density at radius 3 is 3.08 bits per heavy atom. The van der Waals surface area contributed by atoms with Crippen molar-refractivity contribution >= 4 is 11.0 Å². The summed E-state index contributed by atoms with van der Waals surface area (Å²) in [6.07, 6.45) is 3.97. The van der Waals surface area contributed by atoms with Crippen LogP contribution in [0.1, 0.15) is 12.5 Å². The van der Waals surface area contributed by atoms with E-state index in [1.165, 1.54) is 5.56 Å². The van der Waals surface area contributed by atoms with E-state index in [-0.39, 0.29) is 0 Å². The number of hydrogen-bond acceptors (Lipinski definition) is 1. The zero-order valence-corrected chi connectivity index (χ0v) is 7.33. The molecule has 0 atom stereocenters. The lowest BCUT2D eigenvalue weighted by Gasteiger charge is -1.97. The molecule has 1 radical (unpaired) electrons. The minimum atomic E-state index is 1.02. The molecule has 2 heteroatoms. The predicted octanol–water partition coefficient (Wildman–Crippen LogP) is 1.94. The van der Waals surface area contributed by atoms with E-state index in [9.17, 15) is 0 Å². The van der Waals surface area contributed by atoms with Gasteiger partial charge in [0.05, 0.1) is 11.0 Å². The second-order valence-corrected chi connectivity index (χ2v) is 2.95. The maximum atomic E-state index is 4.13. The van der Waals surface area contributed by atoms with Gasteiger partial charge < -0.3 is 4.57 Å². The van der Waals surface area contributed by atoms with Gasteiger partial charge in [0.25, 0.3) is 0 Å². The Kier molecular flexibility index (Phi) is 1.61. The largest absolute Gasteiger partial charge is 0.324 e. The highest BCUT2D eigenvalue weighted by atomic mass is 15.0. The summed E-state index contributed by atoms with van der Waals surface area (Å²) in [5.41, 5.74) is 3.53. The molecule has 1 aromatic heterocycles. The smallest absolute Gasteiger partial charge is 0.177 e. The van der Waals surface area contributed by atoms with Crippen molar-refractivity contribution in [1.29, 1.82) is 0 Å². The molecule has 0 aliphatic carbocycles. The third kappa shape index (κ3) is 0.998. The van der Waals surface area contributed by atoms with Crippen LogP contribution in [0, 0.1) is 6.33 Å². The lowest BCUT2D eigenvalue weighted by molar-refractivity contribution is 0.934. The topological polar surface area (TPSA) is 17.8 Å². The van der Waals surface area contributed by atoms with E-state index >= 15 is 0 Å². The van der Waals surface area contributed by atoms with Gasteiger partial charge in [0, 0.05) is 7.05 Å². The molecular formula is C10H11N2. The summed E-state index contributed by atoms with van der Waals surface area (Å²) < 4.78 is 1.93. The van der Waals surface area contributed by atoms with Gasteiger partial charge in [-0.3, -0.25) is 0 Å². The van der Waals surface area contributed by atoms with E-state index in [0.717, 1.165) is 17.5 Å². The molecule has 0 N–H and O–H groups in total. The summed E-state index contributed by atoms with van der Waals surface area (Å²) in [5.74, 6) is 0. The van der Waals surface area contributed by atoms with Crippen molar-refractivity contribution in [3.8, 4) is 0 Å². The molecule has 0 aliphatic rings. The van der Waals surface area contributed by atoms with E-state index in [2.05, 4.69) is 30.4 Å². The molecule has 0 aliphatic heterocycles. The highest BCUT2D eigenvalue weighted by molar-refractivity contribution is 5.75. The average Bonchev–Trinajstić information content (AvgIpc) is 2.47. The number of nitrogens with zero attached hydrogens (tertiary/aromatic N) is 2. The van der Waals surface area contributed by atoms with Gasteiger partial charge in [-0.1, -0.05) is 13.0 Å². The molecule has 0 saturated heterocycles. The van der Waals surface area contributed by atoms with Crippen LogP contribution >= 0.6 is 0 Å². The van der Waals surface area contributed by atoms with Crippen LogP contribution in [0.2, 0.25) is 0 Å². The van der Waals surface area contributed by atoms with Crippen LogP contribution in [0.25, 0.3) is 11.0 Å². The fourth-order valence-corrected chi connectivity index (χ4v) is 1.33. The second kappa shape index (κ2) is 2.63. The molecule has 2 aromatic rings. The van der Waals surface area contributed by atoms with E-state index in [0.29, 0.717) is 0 Å². The summed E-state index contributed by atoms with van der Waals surface area (Å²) in [6.45, 7) is 2.15. The molecular weight excluding hydrogens is 148 g/mol. The van der Waals surface area contributed by atoms with Crippen LogP contribution in [0.4, 0.5) is 0 Å². The molecule has 1 heterocycles. The van der Waals surface area contributed by atoms with E-state index in [1.54, 1.807) is 0 Å². The van der Waals surface area contributed by atoms with Crippen molar-refractivity contribution < 1.29 is 0 Å². The van der Waals surface area contributed by atoms with Gasteiger partial charge in [-0.05, 0) is 24.1 Å². The summed E-state index contributed by atoms with van der Waals surface area (Å²) in [5, 5.41) is 0. The Labute approximate surface area is 71.8 Å². The fourth-order valence-electron chi connectivity index (χ4n) is 1.33. The van der Waals surface area contributed by atoms with Crippen molar-refractivity contribution in [2.75, 3.05) is 0 Å². The number of aryl methyl sites for hydroxylation is 2. The fraction of sp³-hybridized carbons (Fsp3) is 0.300. The number of hydrogen-bond donors (Lipinski definition) is 0. The molecule has 12 heavy (non-hydrogen) atoms. The summed E-state index contributed by atoms with van der Waals surface area (Å²) in [4.78, 5) is 4.13. The Bertz CT molecular complexity index is 401. The van der Waals surface area contributed by atoms with Gasteiger partial charge in [0.1, 0.15) is 0 Å². The zero-order chi connectivity index (χ0) is 8.55. The molecule has 0 bridgehead atoms. The maximum Gasteiger partial charge on any atom is 0.177 e. The Morgan fingerprint density at radius 2 is 2.33 bits per heavy atom. The standard InChI is InChI=1S/C10H11N2/c1-3-8-4-5-9-10(6-8)12(2)7-11-9/h4-6H,3H2,1-2H3. The van der Waals surface area contributed by atoms with Crippen LogP contribution in [-0.4, -0.2) is 9.55 Å². The Hall–Kier alpha value is -1.31. The number of benzene rings is 1. The predicted molar refractivity (Wildman–Crippen MR) is 48.9 cm³/mol. The first-order valence-corrected chi connectivity index (χ1v) is 4.14. The van der Waals surface area contributed by atoms with E-state index in [1.807, 2.05) is 17.7 Å². The Morgan fingerprint density at radius 1 is 1.50 bits per heavy atom. The summed E-state index contributed by atoms with van der Waals surface area (Å²) in [7, 11) is 1.97. The average molecular weight is 159 g/mol. The van der Waals surface area contributed by atoms with Gasteiger partial charge in [0.15, 0.2) is 6.33 Å². The molecule has 2 rings (SSSR count). The number of aromatic nitrogens is 2. The molecule has 0 unspecified atom stereocenters. The van der Waals surface area contributed by atoms with Gasteiger partial charge in [-0.15, -0.1) is 0 Å². The van der Waals surface area contributed by atoms with Gasteiger partial charge in [-0.25, -0.2) is 4.98 Å². The molecule has 1 aromatic carbocycles. The SMILES string of the molecule is CCc1ccc2n[c]n(C)c2c1. The molecule has 0 saturated carbocycles. The molecule has 61 valence electrons. The maximum absolute atomic E-state index is 4.13. The minimum absolute atomic E-state index is 1.02. The summed E-state index contributed by atoms with van der Waals surface area (Å²) in [6, 6.07) is 6.33. The number of fused-ring (bicyclic) bond motifs is 1. The van der Waals surface area contributed by atoms with E-state index < -0.39 is 0 Å². The monoisotopic (exact) mass is 159 g/mol. The highest BCUT2D eigenvalue weighted by Crippen LogP contribution is 2.13. The van der Waals surface area contributed by atoms with Crippen LogP contribution < -0.4 is 0 Å². The number of rotatable bonds is 1. The first-order valence-electron chi connectivity index (χ1n) is 4.14. The zero-order valence-electron chi connectivity index (χ0n) is 7.33. The Balaban J connectivity index is 2.71. The van der Waals surface area contributed by atoms with Crippen molar-refractivity contribution in [3.05, 3.63) is 30.1 Å². The third-order valence-corrected chi connectivity index (χ3v) is 2.13. The van der Waals surface area contributed by atoms with Crippen LogP contribution in [0.15, 0.2) is 18.2 Å². The van der Waals surface area contributed by atoms with Crippen LogP contribution in [0.3, 0.4) is 0 Å². The molecule has 0 amide bonds. The van der Waals surface area contributed by atoms with Gasteiger partial charge >= 0.3 is 0 Å². The molecule has 0 fully saturated rings. The van der Waals surface area contributed by atoms with Crippen molar-refractivity contribution in [2.45, 2.75) is 13.3 Å². The lowest BCUT2D eigenvalue weighted by atomic mass is 10.1. The van der Waals surface area contributed by atoms with Crippen LogP contribution in [-0.2, 0) is 13.5 Å². The quantitative estimate of drug-likeness (QED) is 0.621. The lowest BCUT2D eigenvalue weighted by Crippen LogP contribution is -1.86. The van der Waals surface area contributed by atoms with Crippen molar-refractivity contribution in [3.63, 3.8) is 0 Å². The first kappa shape index (κ1) is 7.35. The highest BCUT2D eigenvalue weighted by Gasteiger charge is 1.99. The minimum Gasteiger partial charge on any atom is -0.324 e. The molecule has 2 nitrogen and oxygen atoms in total. The second-order valence-electron chi connectivity index (χ2n) is 2.95. The van der Waals surface area contributed by atoms with E-state index in [4.69, 9.17) is 0 Å². The number of imidazole rings is 1. The third-order valence-electron chi connectivity index (χ3n) is 2.13. The normalized spacial score (nSPS) is 10.8. The first-order chi connectivity index (χ1) is 5.81. The van der Waals surface area contributed by atoms with Crippen molar-refractivity contribution in [1.82, 2.24) is 9.55 Å². The summed E-state index contributed by atoms with van der Waals surface area (Å²) >= 11 is 0. The molecule has 0 spiro atoms. The van der Waals surface area contributed by atoms with Crippen LogP contribution in [0.5, 0.6) is 0 Å². The van der Waals surface area contributed by atoms with Crippen molar-refractivity contribution in [2.24, 2.45) is 7.05 Å². The van der Waals surface area contributed by atoms with Gasteiger partial charge in [-0.2, -0.15) is 0 Å².